The molecular weight excluding hydrogens is 244 g/mol. The molecule has 112 valence electrons. The van der Waals surface area contributed by atoms with Crippen molar-refractivity contribution in [3.05, 3.63) is 29.3 Å². The molecule has 2 atom stereocenters. The van der Waals surface area contributed by atoms with Crippen LogP contribution >= 0.6 is 0 Å². The van der Waals surface area contributed by atoms with E-state index in [-0.39, 0.29) is 0 Å². The van der Waals surface area contributed by atoms with Crippen molar-refractivity contribution in [2.75, 3.05) is 24.5 Å². The third-order valence-electron chi connectivity index (χ3n) is 4.69. The molecular formula is C18H30N2. The van der Waals surface area contributed by atoms with E-state index in [9.17, 15) is 0 Å². The Morgan fingerprint density at radius 3 is 2.70 bits per heavy atom. The van der Waals surface area contributed by atoms with Crippen molar-refractivity contribution >= 4 is 5.69 Å². The fourth-order valence-corrected chi connectivity index (χ4v) is 3.07. The van der Waals surface area contributed by atoms with E-state index < -0.39 is 0 Å². The standard InChI is InChI=1S/C18H30N2/c1-5-9-19-12-17-6-7-18(15(3)11-17)20-10-8-14(2)16(4)13-20/h6-7,11,14,16,19H,5,8-10,12-13H2,1-4H3. The van der Waals surface area contributed by atoms with Crippen molar-refractivity contribution in [1.82, 2.24) is 5.32 Å². The zero-order chi connectivity index (χ0) is 14.5. The Kier molecular flexibility index (Phi) is 5.47. The summed E-state index contributed by atoms with van der Waals surface area (Å²) in [5, 5.41) is 3.48. The smallest absolute Gasteiger partial charge is 0.0396 e. The Morgan fingerprint density at radius 2 is 2.05 bits per heavy atom. The van der Waals surface area contributed by atoms with Crippen molar-refractivity contribution in [3.8, 4) is 0 Å². The Labute approximate surface area is 124 Å². The van der Waals surface area contributed by atoms with Crippen LogP contribution in [0.1, 0.15) is 44.7 Å². The fraction of sp³-hybridized carbons (Fsp3) is 0.667. The summed E-state index contributed by atoms with van der Waals surface area (Å²) in [6, 6.07) is 6.95. The van der Waals surface area contributed by atoms with Gasteiger partial charge in [-0.05, 0) is 55.3 Å². The van der Waals surface area contributed by atoms with Gasteiger partial charge in [-0.1, -0.05) is 32.9 Å². The molecule has 1 aliphatic rings. The van der Waals surface area contributed by atoms with Crippen LogP contribution in [-0.4, -0.2) is 19.6 Å². The normalized spacial score (nSPS) is 23.1. The summed E-state index contributed by atoms with van der Waals surface area (Å²) in [6.07, 6.45) is 2.52. The molecule has 1 N–H and O–H groups in total. The maximum Gasteiger partial charge on any atom is 0.0396 e. The van der Waals surface area contributed by atoms with Crippen LogP contribution in [-0.2, 0) is 6.54 Å². The quantitative estimate of drug-likeness (QED) is 0.817. The van der Waals surface area contributed by atoms with Crippen LogP contribution in [0.3, 0.4) is 0 Å². The number of hydrogen-bond donors (Lipinski definition) is 1. The first-order valence-electron chi connectivity index (χ1n) is 8.17. The van der Waals surface area contributed by atoms with Gasteiger partial charge in [-0.2, -0.15) is 0 Å². The van der Waals surface area contributed by atoms with Crippen molar-refractivity contribution in [3.63, 3.8) is 0 Å². The molecule has 2 heteroatoms. The van der Waals surface area contributed by atoms with Crippen LogP contribution in [0.15, 0.2) is 18.2 Å². The SMILES string of the molecule is CCCNCc1ccc(N2CCC(C)C(C)C2)c(C)c1. The van der Waals surface area contributed by atoms with Crippen LogP contribution in [0.5, 0.6) is 0 Å². The Bertz CT molecular complexity index is 427. The summed E-state index contributed by atoms with van der Waals surface area (Å²) in [5.41, 5.74) is 4.25. The summed E-state index contributed by atoms with van der Waals surface area (Å²) in [4.78, 5) is 2.57. The molecule has 1 fully saturated rings. The Morgan fingerprint density at radius 1 is 1.25 bits per heavy atom. The molecule has 0 amide bonds. The van der Waals surface area contributed by atoms with E-state index in [1.54, 1.807) is 0 Å². The molecule has 2 unspecified atom stereocenters. The van der Waals surface area contributed by atoms with E-state index in [1.807, 2.05) is 0 Å². The van der Waals surface area contributed by atoms with E-state index >= 15 is 0 Å². The minimum Gasteiger partial charge on any atom is -0.371 e. The lowest BCUT2D eigenvalue weighted by atomic mass is 9.88. The highest BCUT2D eigenvalue weighted by atomic mass is 15.1. The number of nitrogens with zero attached hydrogens (tertiary/aromatic N) is 1. The summed E-state index contributed by atoms with van der Waals surface area (Å²) in [5.74, 6) is 1.66. The van der Waals surface area contributed by atoms with Gasteiger partial charge >= 0.3 is 0 Å². The van der Waals surface area contributed by atoms with Gasteiger partial charge in [0, 0.05) is 25.3 Å². The zero-order valence-corrected chi connectivity index (χ0v) is 13.6. The molecule has 1 saturated heterocycles. The number of nitrogens with one attached hydrogen (secondary N) is 1. The zero-order valence-electron chi connectivity index (χ0n) is 13.6. The summed E-state index contributed by atoms with van der Waals surface area (Å²) >= 11 is 0. The molecule has 0 bridgehead atoms. The van der Waals surface area contributed by atoms with Crippen molar-refractivity contribution in [2.24, 2.45) is 11.8 Å². The molecule has 0 spiro atoms. The molecule has 1 aliphatic heterocycles. The van der Waals surface area contributed by atoms with Gasteiger partial charge in [0.25, 0.3) is 0 Å². The van der Waals surface area contributed by atoms with Crippen LogP contribution in [0.4, 0.5) is 5.69 Å². The minimum atomic E-state index is 0.800. The van der Waals surface area contributed by atoms with E-state index in [4.69, 9.17) is 0 Å². The maximum atomic E-state index is 3.48. The lowest BCUT2D eigenvalue weighted by Crippen LogP contribution is -2.38. The maximum absolute atomic E-state index is 3.48. The van der Waals surface area contributed by atoms with Crippen molar-refractivity contribution in [1.29, 1.82) is 0 Å². The molecule has 1 heterocycles. The number of aryl methyl sites for hydroxylation is 1. The van der Waals surface area contributed by atoms with Gasteiger partial charge < -0.3 is 10.2 Å². The average Bonchev–Trinajstić information content (AvgIpc) is 2.43. The highest BCUT2D eigenvalue weighted by Gasteiger charge is 2.23. The van der Waals surface area contributed by atoms with E-state index in [2.05, 4.69) is 56.1 Å². The van der Waals surface area contributed by atoms with Gasteiger partial charge in [0.1, 0.15) is 0 Å². The van der Waals surface area contributed by atoms with Gasteiger partial charge in [0.05, 0.1) is 0 Å². The van der Waals surface area contributed by atoms with Gasteiger partial charge in [-0.15, -0.1) is 0 Å². The minimum absolute atomic E-state index is 0.800. The Balaban J connectivity index is 2.02. The van der Waals surface area contributed by atoms with Crippen LogP contribution < -0.4 is 10.2 Å². The third kappa shape index (κ3) is 3.76. The van der Waals surface area contributed by atoms with Crippen LogP contribution in [0.2, 0.25) is 0 Å². The van der Waals surface area contributed by atoms with Crippen molar-refractivity contribution < 1.29 is 0 Å². The molecule has 0 aromatic heterocycles. The highest BCUT2D eigenvalue weighted by Crippen LogP contribution is 2.29. The second-order valence-corrected chi connectivity index (χ2v) is 6.49. The van der Waals surface area contributed by atoms with E-state index in [0.29, 0.717) is 0 Å². The van der Waals surface area contributed by atoms with E-state index in [0.717, 1.165) is 24.9 Å². The highest BCUT2D eigenvalue weighted by molar-refractivity contribution is 5.54. The molecule has 2 rings (SSSR count). The number of anilines is 1. The first-order chi connectivity index (χ1) is 9.61. The molecule has 0 radical (unpaired) electrons. The monoisotopic (exact) mass is 274 g/mol. The van der Waals surface area contributed by atoms with Gasteiger partial charge in [-0.3, -0.25) is 0 Å². The third-order valence-corrected chi connectivity index (χ3v) is 4.69. The number of benzene rings is 1. The van der Waals surface area contributed by atoms with Crippen LogP contribution in [0, 0.1) is 18.8 Å². The topological polar surface area (TPSA) is 15.3 Å². The fourth-order valence-electron chi connectivity index (χ4n) is 3.07. The predicted molar refractivity (Wildman–Crippen MR) is 88.3 cm³/mol. The average molecular weight is 274 g/mol. The lowest BCUT2D eigenvalue weighted by molar-refractivity contribution is 0.324. The van der Waals surface area contributed by atoms with Gasteiger partial charge in [0.15, 0.2) is 0 Å². The van der Waals surface area contributed by atoms with Gasteiger partial charge in [-0.25, -0.2) is 0 Å². The largest absolute Gasteiger partial charge is 0.371 e. The van der Waals surface area contributed by atoms with E-state index in [1.165, 1.54) is 42.7 Å². The van der Waals surface area contributed by atoms with Crippen molar-refractivity contribution in [2.45, 2.75) is 47.1 Å². The number of hydrogen-bond acceptors (Lipinski definition) is 2. The molecule has 0 aliphatic carbocycles. The number of piperidine rings is 1. The predicted octanol–water partition coefficient (Wildman–Crippen LogP) is 3.98. The van der Waals surface area contributed by atoms with Crippen LogP contribution in [0.25, 0.3) is 0 Å². The second-order valence-electron chi connectivity index (χ2n) is 6.49. The molecule has 2 nitrogen and oxygen atoms in total. The molecule has 20 heavy (non-hydrogen) atoms. The lowest BCUT2D eigenvalue weighted by Gasteiger charge is -2.37. The number of rotatable bonds is 5. The summed E-state index contributed by atoms with van der Waals surface area (Å²) in [6.45, 7) is 13.7. The first kappa shape index (κ1) is 15.4. The second kappa shape index (κ2) is 7.12. The summed E-state index contributed by atoms with van der Waals surface area (Å²) in [7, 11) is 0. The molecule has 0 saturated carbocycles. The first-order valence-corrected chi connectivity index (χ1v) is 8.17. The Hall–Kier alpha value is -1.02. The molecule has 1 aromatic rings. The summed E-state index contributed by atoms with van der Waals surface area (Å²) < 4.78 is 0. The van der Waals surface area contributed by atoms with Gasteiger partial charge in [0.2, 0.25) is 0 Å². The molecule has 1 aromatic carbocycles.